The summed E-state index contributed by atoms with van der Waals surface area (Å²) in [6.07, 6.45) is 2.75. The first-order chi connectivity index (χ1) is 8.06. The van der Waals surface area contributed by atoms with Crippen LogP contribution in [0.2, 0.25) is 0 Å². The monoisotopic (exact) mass is 297 g/mol. The normalized spacial score (nSPS) is 10.3. The molecule has 0 fully saturated rings. The zero-order chi connectivity index (χ0) is 12.4. The van der Waals surface area contributed by atoms with E-state index in [4.69, 9.17) is 0 Å². The summed E-state index contributed by atoms with van der Waals surface area (Å²) in [4.78, 5) is 15.6. The number of hydrogen-bond acceptors (Lipinski definition) is 3. The molecular formula is C11H9BrFN3O. The summed E-state index contributed by atoms with van der Waals surface area (Å²) < 4.78 is 14.9. The lowest BCUT2D eigenvalue weighted by Gasteiger charge is -2.07. The smallest absolute Gasteiger partial charge is 0.274 e. The average Bonchev–Trinajstić information content (AvgIpc) is 2.28. The van der Waals surface area contributed by atoms with Crippen molar-refractivity contribution in [2.24, 2.45) is 7.05 Å². The molecule has 0 unspecified atom stereocenters. The molecule has 0 saturated heterocycles. The van der Waals surface area contributed by atoms with Crippen LogP contribution < -0.4 is 10.9 Å². The molecule has 2 rings (SSSR count). The van der Waals surface area contributed by atoms with Crippen LogP contribution >= 0.6 is 15.9 Å². The van der Waals surface area contributed by atoms with Crippen LogP contribution in [0.4, 0.5) is 15.9 Å². The van der Waals surface area contributed by atoms with Crippen LogP contribution in [0.1, 0.15) is 0 Å². The van der Waals surface area contributed by atoms with E-state index in [1.165, 1.54) is 16.7 Å². The van der Waals surface area contributed by atoms with Gasteiger partial charge in [-0.15, -0.1) is 0 Å². The van der Waals surface area contributed by atoms with Crippen molar-refractivity contribution in [3.63, 3.8) is 0 Å². The minimum atomic E-state index is -0.419. The Morgan fingerprint density at radius 3 is 2.88 bits per heavy atom. The maximum absolute atomic E-state index is 12.7. The lowest BCUT2D eigenvalue weighted by Crippen LogP contribution is -2.19. The van der Waals surface area contributed by atoms with Crippen molar-refractivity contribution < 1.29 is 4.39 Å². The van der Waals surface area contributed by atoms with Gasteiger partial charge in [0.2, 0.25) is 0 Å². The fraction of sp³-hybridized carbons (Fsp3) is 0.0909. The average molecular weight is 298 g/mol. The highest BCUT2D eigenvalue weighted by Gasteiger charge is 2.04. The Labute approximate surface area is 105 Å². The molecule has 17 heavy (non-hydrogen) atoms. The number of halogens is 2. The van der Waals surface area contributed by atoms with E-state index in [9.17, 15) is 9.18 Å². The lowest BCUT2D eigenvalue weighted by atomic mass is 10.4. The van der Waals surface area contributed by atoms with Crippen molar-refractivity contribution in [2.45, 2.75) is 0 Å². The standard InChI is InChI=1S/C11H9BrFN3O/c1-16-6-7(12)4-9(11(16)17)15-10-3-2-8(13)5-14-10/h2-6H,1H3,(H,14,15). The third-order valence-corrected chi connectivity index (χ3v) is 2.57. The highest BCUT2D eigenvalue weighted by atomic mass is 79.9. The summed E-state index contributed by atoms with van der Waals surface area (Å²) in [5, 5.41) is 2.84. The number of aryl methyl sites for hydroxylation is 1. The largest absolute Gasteiger partial charge is 0.336 e. The molecule has 0 saturated carbocycles. The van der Waals surface area contributed by atoms with Gasteiger partial charge >= 0.3 is 0 Å². The number of hydrogen-bond donors (Lipinski definition) is 1. The van der Waals surface area contributed by atoms with Gasteiger partial charge in [-0.1, -0.05) is 0 Å². The second-order valence-electron chi connectivity index (χ2n) is 3.47. The molecule has 0 atom stereocenters. The van der Waals surface area contributed by atoms with Crippen LogP contribution in [0.15, 0.2) is 39.9 Å². The number of aromatic nitrogens is 2. The summed E-state index contributed by atoms with van der Waals surface area (Å²) in [6, 6.07) is 4.39. The molecule has 0 radical (unpaired) electrons. The molecule has 0 bridgehead atoms. The van der Waals surface area contributed by atoms with Crippen molar-refractivity contribution in [2.75, 3.05) is 5.32 Å². The summed E-state index contributed by atoms with van der Waals surface area (Å²) in [5.41, 5.74) is 0.195. The number of nitrogens with zero attached hydrogens (tertiary/aromatic N) is 2. The van der Waals surface area contributed by atoms with E-state index < -0.39 is 5.82 Å². The fourth-order valence-corrected chi connectivity index (χ4v) is 1.88. The SMILES string of the molecule is Cn1cc(Br)cc(Nc2ccc(F)cn2)c1=O. The van der Waals surface area contributed by atoms with Crippen LogP contribution in [0.25, 0.3) is 0 Å². The first-order valence-electron chi connectivity index (χ1n) is 4.81. The number of pyridine rings is 2. The first-order valence-corrected chi connectivity index (χ1v) is 5.60. The van der Waals surface area contributed by atoms with Gasteiger partial charge in [-0.2, -0.15) is 0 Å². The van der Waals surface area contributed by atoms with Crippen LogP contribution in [-0.4, -0.2) is 9.55 Å². The molecule has 88 valence electrons. The Kier molecular flexibility index (Phi) is 3.23. The minimum Gasteiger partial charge on any atom is -0.336 e. The second kappa shape index (κ2) is 4.67. The zero-order valence-electron chi connectivity index (χ0n) is 8.95. The second-order valence-corrected chi connectivity index (χ2v) is 4.39. The van der Waals surface area contributed by atoms with E-state index in [0.29, 0.717) is 11.5 Å². The topological polar surface area (TPSA) is 46.9 Å². The Bertz CT molecular complexity index is 595. The van der Waals surface area contributed by atoms with Gasteiger partial charge in [-0.05, 0) is 34.1 Å². The molecule has 2 aromatic heterocycles. The van der Waals surface area contributed by atoms with Gasteiger partial charge in [0.1, 0.15) is 17.3 Å². The highest BCUT2D eigenvalue weighted by Crippen LogP contribution is 2.15. The van der Waals surface area contributed by atoms with Crippen LogP contribution in [-0.2, 0) is 7.05 Å². The molecule has 2 aromatic rings. The number of nitrogens with one attached hydrogen (secondary N) is 1. The zero-order valence-corrected chi connectivity index (χ0v) is 10.5. The van der Waals surface area contributed by atoms with Crippen molar-refractivity contribution in [3.8, 4) is 0 Å². The Hall–Kier alpha value is -1.69. The summed E-state index contributed by atoms with van der Waals surface area (Å²) >= 11 is 3.29. The molecule has 0 aliphatic rings. The molecule has 2 heterocycles. The molecular weight excluding hydrogens is 289 g/mol. The first kappa shape index (κ1) is 11.8. The van der Waals surface area contributed by atoms with E-state index in [-0.39, 0.29) is 5.56 Å². The van der Waals surface area contributed by atoms with Gasteiger partial charge in [-0.25, -0.2) is 9.37 Å². The summed E-state index contributed by atoms with van der Waals surface area (Å²) in [5.74, 6) is -0.000653. The van der Waals surface area contributed by atoms with Gasteiger partial charge in [-0.3, -0.25) is 4.79 Å². The predicted octanol–water partition coefficient (Wildman–Crippen LogP) is 2.43. The van der Waals surface area contributed by atoms with E-state index in [2.05, 4.69) is 26.2 Å². The maximum Gasteiger partial charge on any atom is 0.274 e. The third-order valence-electron chi connectivity index (χ3n) is 2.14. The molecule has 0 aromatic carbocycles. The Morgan fingerprint density at radius 1 is 1.47 bits per heavy atom. The van der Waals surface area contributed by atoms with Gasteiger partial charge in [0.05, 0.1) is 6.20 Å². The lowest BCUT2D eigenvalue weighted by molar-refractivity contribution is 0.622. The van der Waals surface area contributed by atoms with E-state index >= 15 is 0 Å². The molecule has 6 heteroatoms. The molecule has 0 aliphatic carbocycles. The van der Waals surface area contributed by atoms with E-state index in [0.717, 1.165) is 10.7 Å². The number of rotatable bonds is 2. The van der Waals surface area contributed by atoms with Gasteiger partial charge in [0.15, 0.2) is 0 Å². The maximum atomic E-state index is 12.7. The van der Waals surface area contributed by atoms with Crippen molar-refractivity contribution in [1.29, 1.82) is 0 Å². The van der Waals surface area contributed by atoms with Crippen molar-refractivity contribution in [3.05, 3.63) is 51.2 Å². The molecule has 0 aliphatic heterocycles. The molecule has 0 amide bonds. The molecule has 4 nitrogen and oxygen atoms in total. The third kappa shape index (κ3) is 2.71. The summed E-state index contributed by atoms with van der Waals surface area (Å²) in [6.45, 7) is 0. The minimum absolute atomic E-state index is 0.181. The molecule has 1 N–H and O–H groups in total. The molecule has 0 spiro atoms. The van der Waals surface area contributed by atoms with Gasteiger partial charge in [0.25, 0.3) is 5.56 Å². The Balaban J connectivity index is 2.36. The van der Waals surface area contributed by atoms with E-state index in [1.807, 2.05) is 0 Å². The van der Waals surface area contributed by atoms with Crippen molar-refractivity contribution >= 4 is 27.4 Å². The van der Waals surface area contributed by atoms with E-state index in [1.54, 1.807) is 19.3 Å². The summed E-state index contributed by atoms with van der Waals surface area (Å²) in [7, 11) is 1.65. The quantitative estimate of drug-likeness (QED) is 0.926. The van der Waals surface area contributed by atoms with Gasteiger partial charge < -0.3 is 9.88 Å². The predicted molar refractivity (Wildman–Crippen MR) is 66.9 cm³/mol. The van der Waals surface area contributed by atoms with Crippen LogP contribution in [0.5, 0.6) is 0 Å². The highest BCUT2D eigenvalue weighted by molar-refractivity contribution is 9.10. The van der Waals surface area contributed by atoms with Crippen LogP contribution in [0, 0.1) is 5.82 Å². The fourth-order valence-electron chi connectivity index (χ4n) is 1.35. The number of anilines is 2. The van der Waals surface area contributed by atoms with Gasteiger partial charge in [0, 0.05) is 17.7 Å². The van der Waals surface area contributed by atoms with Crippen molar-refractivity contribution in [1.82, 2.24) is 9.55 Å². The van der Waals surface area contributed by atoms with Crippen LogP contribution in [0.3, 0.4) is 0 Å². The Morgan fingerprint density at radius 2 is 2.24 bits per heavy atom.